The smallest absolute Gasteiger partial charge is 0.0302 e. The SMILES string of the molecule is Cc1cc(CNC(C)CN)sc1C. The highest BCUT2D eigenvalue weighted by molar-refractivity contribution is 7.12. The van der Waals surface area contributed by atoms with Crippen molar-refractivity contribution in [3.63, 3.8) is 0 Å². The summed E-state index contributed by atoms with van der Waals surface area (Å²) in [5.74, 6) is 0. The number of rotatable bonds is 4. The normalized spacial score (nSPS) is 13.2. The van der Waals surface area contributed by atoms with Gasteiger partial charge in [-0.3, -0.25) is 0 Å². The molecule has 1 unspecified atom stereocenters. The van der Waals surface area contributed by atoms with Crippen LogP contribution in [-0.4, -0.2) is 12.6 Å². The van der Waals surface area contributed by atoms with E-state index in [1.165, 1.54) is 15.3 Å². The summed E-state index contributed by atoms with van der Waals surface area (Å²) in [7, 11) is 0. The minimum Gasteiger partial charge on any atom is -0.329 e. The van der Waals surface area contributed by atoms with Crippen LogP contribution in [0.5, 0.6) is 0 Å². The summed E-state index contributed by atoms with van der Waals surface area (Å²) in [5.41, 5.74) is 6.90. The molecule has 0 aliphatic rings. The van der Waals surface area contributed by atoms with Gasteiger partial charge in [-0.2, -0.15) is 0 Å². The van der Waals surface area contributed by atoms with E-state index < -0.39 is 0 Å². The molecule has 2 nitrogen and oxygen atoms in total. The van der Waals surface area contributed by atoms with E-state index in [2.05, 4.69) is 32.2 Å². The average Bonchev–Trinajstić information content (AvgIpc) is 2.42. The van der Waals surface area contributed by atoms with Gasteiger partial charge in [0.25, 0.3) is 0 Å². The Hall–Kier alpha value is -0.380. The number of thiophene rings is 1. The van der Waals surface area contributed by atoms with E-state index in [1.54, 1.807) is 0 Å². The maximum absolute atomic E-state index is 5.51. The van der Waals surface area contributed by atoms with E-state index in [0.717, 1.165) is 6.54 Å². The van der Waals surface area contributed by atoms with Crippen LogP contribution in [0.15, 0.2) is 6.07 Å². The van der Waals surface area contributed by atoms with Crippen molar-refractivity contribution in [2.45, 2.75) is 33.4 Å². The van der Waals surface area contributed by atoms with Gasteiger partial charge in [-0.15, -0.1) is 11.3 Å². The standard InChI is InChI=1S/C10H18N2S/c1-7-4-10(13-9(7)3)6-12-8(2)5-11/h4,8,12H,5-6,11H2,1-3H3. The summed E-state index contributed by atoms with van der Waals surface area (Å²) in [6, 6.07) is 2.65. The first-order chi connectivity index (χ1) is 6.13. The molecule has 0 saturated carbocycles. The monoisotopic (exact) mass is 198 g/mol. The van der Waals surface area contributed by atoms with Gasteiger partial charge in [0.1, 0.15) is 0 Å². The molecule has 0 amide bonds. The lowest BCUT2D eigenvalue weighted by molar-refractivity contribution is 0.560. The first-order valence-corrected chi connectivity index (χ1v) is 5.44. The highest BCUT2D eigenvalue weighted by atomic mass is 32.1. The molecule has 1 heterocycles. The van der Waals surface area contributed by atoms with Crippen LogP contribution >= 0.6 is 11.3 Å². The molecule has 0 bridgehead atoms. The van der Waals surface area contributed by atoms with Crippen molar-refractivity contribution in [2.75, 3.05) is 6.54 Å². The Morgan fingerprint density at radius 2 is 2.23 bits per heavy atom. The second-order valence-electron chi connectivity index (χ2n) is 3.47. The summed E-state index contributed by atoms with van der Waals surface area (Å²) in [5, 5.41) is 3.37. The second-order valence-corrected chi connectivity index (χ2v) is 4.81. The zero-order chi connectivity index (χ0) is 9.84. The molecule has 0 saturated heterocycles. The molecule has 0 radical (unpaired) electrons. The lowest BCUT2D eigenvalue weighted by Crippen LogP contribution is -2.32. The van der Waals surface area contributed by atoms with Gasteiger partial charge < -0.3 is 11.1 Å². The molecule has 0 aliphatic carbocycles. The molecule has 1 aromatic rings. The molecule has 3 N–H and O–H groups in total. The van der Waals surface area contributed by atoms with Gasteiger partial charge in [0.15, 0.2) is 0 Å². The van der Waals surface area contributed by atoms with Gasteiger partial charge in [-0.1, -0.05) is 0 Å². The summed E-state index contributed by atoms with van der Waals surface area (Å²) in [6.07, 6.45) is 0. The van der Waals surface area contributed by atoms with E-state index in [0.29, 0.717) is 12.6 Å². The van der Waals surface area contributed by atoms with Crippen molar-refractivity contribution in [1.29, 1.82) is 0 Å². The molecule has 0 spiro atoms. The number of hydrogen-bond acceptors (Lipinski definition) is 3. The predicted molar refractivity (Wildman–Crippen MR) is 59.1 cm³/mol. The number of nitrogens with one attached hydrogen (secondary N) is 1. The third-order valence-electron chi connectivity index (χ3n) is 2.20. The van der Waals surface area contributed by atoms with Gasteiger partial charge in [0.2, 0.25) is 0 Å². The fraction of sp³-hybridized carbons (Fsp3) is 0.600. The van der Waals surface area contributed by atoms with E-state index in [9.17, 15) is 0 Å². The average molecular weight is 198 g/mol. The Kier molecular flexibility index (Phi) is 3.90. The molecular formula is C10H18N2S. The Morgan fingerprint density at radius 1 is 1.54 bits per heavy atom. The molecule has 1 aromatic heterocycles. The molecule has 1 rings (SSSR count). The van der Waals surface area contributed by atoms with Gasteiger partial charge in [0, 0.05) is 28.9 Å². The van der Waals surface area contributed by atoms with Crippen LogP contribution in [0, 0.1) is 13.8 Å². The van der Waals surface area contributed by atoms with Crippen molar-refractivity contribution in [3.8, 4) is 0 Å². The van der Waals surface area contributed by atoms with Crippen LogP contribution in [0.1, 0.15) is 22.2 Å². The number of aryl methyl sites for hydroxylation is 2. The lowest BCUT2D eigenvalue weighted by atomic mass is 10.3. The minimum absolute atomic E-state index is 0.405. The first kappa shape index (κ1) is 10.7. The maximum atomic E-state index is 5.51. The van der Waals surface area contributed by atoms with Gasteiger partial charge in [0.05, 0.1) is 0 Å². The van der Waals surface area contributed by atoms with E-state index >= 15 is 0 Å². The Bertz CT molecular complexity index is 248. The van der Waals surface area contributed by atoms with Crippen LogP contribution < -0.4 is 11.1 Å². The maximum Gasteiger partial charge on any atom is 0.0302 e. The van der Waals surface area contributed by atoms with Crippen molar-refractivity contribution < 1.29 is 0 Å². The van der Waals surface area contributed by atoms with E-state index in [4.69, 9.17) is 5.73 Å². The van der Waals surface area contributed by atoms with Crippen LogP contribution in [0.3, 0.4) is 0 Å². The number of nitrogens with two attached hydrogens (primary N) is 1. The van der Waals surface area contributed by atoms with Crippen molar-refractivity contribution in [1.82, 2.24) is 5.32 Å². The van der Waals surface area contributed by atoms with Crippen molar-refractivity contribution in [2.24, 2.45) is 5.73 Å². The Morgan fingerprint density at radius 3 is 2.69 bits per heavy atom. The van der Waals surface area contributed by atoms with Crippen LogP contribution in [0.25, 0.3) is 0 Å². The highest BCUT2D eigenvalue weighted by Gasteiger charge is 2.02. The molecule has 0 aromatic carbocycles. The zero-order valence-corrected chi connectivity index (χ0v) is 9.37. The van der Waals surface area contributed by atoms with Crippen molar-refractivity contribution in [3.05, 3.63) is 21.4 Å². The largest absolute Gasteiger partial charge is 0.329 e. The molecular weight excluding hydrogens is 180 g/mol. The predicted octanol–water partition coefficient (Wildman–Crippen LogP) is 1.80. The fourth-order valence-corrected chi connectivity index (χ4v) is 2.10. The third-order valence-corrected chi connectivity index (χ3v) is 3.35. The van der Waals surface area contributed by atoms with Crippen LogP contribution in [-0.2, 0) is 6.54 Å². The summed E-state index contributed by atoms with van der Waals surface area (Å²) in [4.78, 5) is 2.81. The van der Waals surface area contributed by atoms with Crippen LogP contribution in [0.2, 0.25) is 0 Å². The number of hydrogen-bond donors (Lipinski definition) is 2. The Labute approximate surface area is 84.2 Å². The molecule has 1 atom stereocenters. The molecule has 13 heavy (non-hydrogen) atoms. The zero-order valence-electron chi connectivity index (χ0n) is 8.55. The first-order valence-electron chi connectivity index (χ1n) is 4.63. The summed E-state index contributed by atoms with van der Waals surface area (Å²) >= 11 is 1.86. The van der Waals surface area contributed by atoms with Gasteiger partial charge in [-0.05, 0) is 32.4 Å². The lowest BCUT2D eigenvalue weighted by Gasteiger charge is -2.09. The second kappa shape index (κ2) is 4.74. The molecule has 0 fully saturated rings. The van der Waals surface area contributed by atoms with Gasteiger partial charge in [-0.25, -0.2) is 0 Å². The quantitative estimate of drug-likeness (QED) is 0.774. The molecule has 74 valence electrons. The third kappa shape index (κ3) is 3.10. The Balaban J connectivity index is 2.45. The fourth-order valence-electron chi connectivity index (χ4n) is 1.09. The molecule has 0 aliphatic heterocycles. The summed E-state index contributed by atoms with van der Waals surface area (Å²) < 4.78 is 0. The van der Waals surface area contributed by atoms with E-state index in [-0.39, 0.29) is 0 Å². The highest BCUT2D eigenvalue weighted by Crippen LogP contribution is 2.20. The topological polar surface area (TPSA) is 38.0 Å². The molecule has 3 heteroatoms. The van der Waals surface area contributed by atoms with Gasteiger partial charge >= 0.3 is 0 Å². The van der Waals surface area contributed by atoms with Crippen molar-refractivity contribution >= 4 is 11.3 Å². The van der Waals surface area contributed by atoms with E-state index in [1.807, 2.05) is 11.3 Å². The van der Waals surface area contributed by atoms with Crippen LogP contribution in [0.4, 0.5) is 0 Å². The summed E-state index contributed by atoms with van der Waals surface area (Å²) in [6.45, 7) is 8.06. The minimum atomic E-state index is 0.405.